The Bertz CT molecular complexity index is 256. The van der Waals surface area contributed by atoms with E-state index in [1.807, 2.05) is 0 Å². The highest BCUT2D eigenvalue weighted by atomic mass is 15.3. The Kier molecular flexibility index (Phi) is 2.94. The van der Waals surface area contributed by atoms with Crippen LogP contribution in [0.1, 0.15) is 25.7 Å². The molecule has 0 aromatic rings. The van der Waals surface area contributed by atoms with Crippen LogP contribution in [0.3, 0.4) is 0 Å². The molecule has 2 aliphatic carbocycles. The van der Waals surface area contributed by atoms with Gasteiger partial charge in [-0.1, -0.05) is 6.42 Å². The molecule has 16 heavy (non-hydrogen) atoms. The van der Waals surface area contributed by atoms with Crippen LogP contribution in [0.15, 0.2) is 0 Å². The van der Waals surface area contributed by atoms with E-state index >= 15 is 0 Å². The van der Waals surface area contributed by atoms with Crippen molar-refractivity contribution in [2.24, 2.45) is 17.6 Å². The van der Waals surface area contributed by atoms with Crippen LogP contribution >= 0.6 is 0 Å². The van der Waals surface area contributed by atoms with Crippen LogP contribution in [0.2, 0.25) is 0 Å². The Morgan fingerprint density at radius 1 is 1.19 bits per heavy atom. The normalized spacial score (nSPS) is 45.4. The van der Waals surface area contributed by atoms with Gasteiger partial charge >= 0.3 is 0 Å². The van der Waals surface area contributed by atoms with Gasteiger partial charge in [-0.3, -0.25) is 4.90 Å². The third kappa shape index (κ3) is 1.79. The van der Waals surface area contributed by atoms with Crippen molar-refractivity contribution >= 4 is 0 Å². The fraction of sp³-hybridized carbons (Fsp3) is 1.00. The Morgan fingerprint density at radius 3 is 2.69 bits per heavy atom. The molecule has 3 aliphatic rings. The molecular weight excluding hydrogens is 198 g/mol. The third-order valence-corrected chi connectivity index (χ3v) is 5.13. The van der Waals surface area contributed by atoms with E-state index in [4.69, 9.17) is 5.73 Å². The van der Waals surface area contributed by atoms with Gasteiger partial charge in [-0.2, -0.15) is 0 Å². The van der Waals surface area contributed by atoms with Crippen molar-refractivity contribution in [1.82, 2.24) is 9.80 Å². The quantitative estimate of drug-likeness (QED) is 0.750. The molecule has 0 aromatic heterocycles. The van der Waals surface area contributed by atoms with Crippen molar-refractivity contribution in [3.8, 4) is 0 Å². The van der Waals surface area contributed by atoms with Gasteiger partial charge in [0.2, 0.25) is 0 Å². The highest BCUT2D eigenvalue weighted by Gasteiger charge is 2.44. The lowest BCUT2D eigenvalue weighted by Gasteiger charge is -2.45. The number of piperazine rings is 1. The van der Waals surface area contributed by atoms with Gasteiger partial charge in [0.1, 0.15) is 0 Å². The maximum Gasteiger partial charge on any atom is 0.0349 e. The number of nitrogens with two attached hydrogens (primary N) is 1. The maximum absolute atomic E-state index is 5.95. The second-order valence-electron chi connectivity index (χ2n) is 6.13. The molecule has 0 radical (unpaired) electrons. The van der Waals surface area contributed by atoms with Gasteiger partial charge < -0.3 is 10.6 Å². The van der Waals surface area contributed by atoms with Crippen LogP contribution in [-0.4, -0.2) is 55.1 Å². The van der Waals surface area contributed by atoms with Crippen molar-refractivity contribution in [2.75, 3.05) is 33.2 Å². The molecule has 3 heteroatoms. The second kappa shape index (κ2) is 4.28. The highest BCUT2D eigenvalue weighted by molar-refractivity contribution is 4.98. The first kappa shape index (κ1) is 11.0. The molecule has 1 aliphatic heterocycles. The van der Waals surface area contributed by atoms with Crippen molar-refractivity contribution < 1.29 is 0 Å². The Labute approximate surface area is 99.0 Å². The van der Waals surface area contributed by atoms with Crippen LogP contribution in [0.5, 0.6) is 0 Å². The highest BCUT2D eigenvalue weighted by Crippen LogP contribution is 2.47. The van der Waals surface area contributed by atoms with Crippen LogP contribution in [0, 0.1) is 11.8 Å². The summed E-state index contributed by atoms with van der Waals surface area (Å²) >= 11 is 0. The van der Waals surface area contributed by atoms with Crippen molar-refractivity contribution in [3.63, 3.8) is 0 Å². The van der Waals surface area contributed by atoms with Gasteiger partial charge in [-0.25, -0.2) is 0 Å². The molecule has 2 saturated carbocycles. The number of hydrogen-bond donors (Lipinski definition) is 1. The predicted octanol–water partition coefficient (Wildman–Crippen LogP) is 0.750. The molecule has 0 amide bonds. The lowest BCUT2D eigenvalue weighted by atomic mass is 9.92. The summed E-state index contributed by atoms with van der Waals surface area (Å²) in [5.74, 6) is 2.05. The van der Waals surface area contributed by atoms with E-state index in [2.05, 4.69) is 16.8 Å². The van der Waals surface area contributed by atoms with Crippen molar-refractivity contribution in [1.29, 1.82) is 0 Å². The molecule has 0 spiro atoms. The van der Waals surface area contributed by atoms with Gasteiger partial charge in [-0.05, 0) is 38.1 Å². The first-order valence-corrected chi connectivity index (χ1v) is 6.92. The maximum atomic E-state index is 5.95. The second-order valence-corrected chi connectivity index (χ2v) is 6.13. The smallest absolute Gasteiger partial charge is 0.0349 e. The van der Waals surface area contributed by atoms with Gasteiger partial charge in [-0.15, -0.1) is 0 Å². The number of fused-ring (bicyclic) bond motifs is 2. The van der Waals surface area contributed by atoms with Crippen LogP contribution < -0.4 is 5.73 Å². The zero-order valence-corrected chi connectivity index (χ0v) is 10.4. The first-order valence-electron chi connectivity index (χ1n) is 6.92. The average molecular weight is 223 g/mol. The molecule has 1 heterocycles. The standard InChI is InChI=1S/C13H25N3/c1-15-4-5-16(12(8-14)9-15)13-7-10-2-3-11(13)6-10/h10-13H,2-9,14H2,1H3. The topological polar surface area (TPSA) is 32.5 Å². The summed E-state index contributed by atoms with van der Waals surface area (Å²) in [7, 11) is 2.22. The van der Waals surface area contributed by atoms with Crippen molar-refractivity contribution in [3.05, 3.63) is 0 Å². The van der Waals surface area contributed by atoms with Crippen LogP contribution in [0.4, 0.5) is 0 Å². The predicted molar refractivity (Wildman–Crippen MR) is 66.3 cm³/mol. The lowest BCUT2D eigenvalue weighted by Crippen LogP contribution is -2.59. The summed E-state index contributed by atoms with van der Waals surface area (Å²) in [6, 6.07) is 1.49. The summed E-state index contributed by atoms with van der Waals surface area (Å²) in [5.41, 5.74) is 5.95. The zero-order valence-electron chi connectivity index (χ0n) is 10.4. The number of rotatable bonds is 2. The summed E-state index contributed by atoms with van der Waals surface area (Å²) in [6.07, 6.45) is 5.96. The molecule has 3 nitrogen and oxygen atoms in total. The molecule has 1 saturated heterocycles. The number of hydrogen-bond acceptors (Lipinski definition) is 3. The van der Waals surface area contributed by atoms with E-state index in [-0.39, 0.29) is 0 Å². The molecule has 4 unspecified atom stereocenters. The lowest BCUT2D eigenvalue weighted by molar-refractivity contribution is 0.0339. The fourth-order valence-electron chi connectivity index (χ4n) is 4.29. The van der Waals surface area contributed by atoms with E-state index in [0.29, 0.717) is 6.04 Å². The summed E-state index contributed by atoms with van der Waals surface area (Å²) in [4.78, 5) is 5.19. The Morgan fingerprint density at radius 2 is 2.06 bits per heavy atom. The molecule has 92 valence electrons. The van der Waals surface area contributed by atoms with Crippen molar-refractivity contribution in [2.45, 2.75) is 37.8 Å². The van der Waals surface area contributed by atoms with Crippen LogP contribution in [0.25, 0.3) is 0 Å². The number of nitrogens with zero attached hydrogens (tertiary/aromatic N) is 2. The Balaban J connectivity index is 1.69. The molecule has 0 aromatic carbocycles. The molecule has 2 N–H and O–H groups in total. The average Bonchev–Trinajstić information content (AvgIpc) is 2.90. The summed E-state index contributed by atoms with van der Waals surface area (Å²) in [6.45, 7) is 4.47. The SMILES string of the molecule is CN1CCN(C2CC3CCC2C3)C(CN)C1. The molecule has 3 fully saturated rings. The van der Waals surface area contributed by atoms with E-state index in [9.17, 15) is 0 Å². The molecular formula is C13H25N3. The van der Waals surface area contributed by atoms with E-state index < -0.39 is 0 Å². The van der Waals surface area contributed by atoms with Gasteiger partial charge in [0.05, 0.1) is 0 Å². The third-order valence-electron chi connectivity index (χ3n) is 5.13. The summed E-state index contributed by atoms with van der Waals surface area (Å²) < 4.78 is 0. The van der Waals surface area contributed by atoms with Gasteiger partial charge in [0.15, 0.2) is 0 Å². The first-order chi connectivity index (χ1) is 7.78. The number of likely N-dealkylation sites (N-methyl/N-ethyl adjacent to an activating group) is 1. The molecule has 3 rings (SSSR count). The molecule has 2 bridgehead atoms. The fourth-order valence-corrected chi connectivity index (χ4v) is 4.29. The monoisotopic (exact) mass is 223 g/mol. The van der Waals surface area contributed by atoms with Gasteiger partial charge in [0, 0.05) is 38.3 Å². The minimum Gasteiger partial charge on any atom is -0.329 e. The minimum absolute atomic E-state index is 0.614. The van der Waals surface area contributed by atoms with Gasteiger partial charge in [0.25, 0.3) is 0 Å². The largest absolute Gasteiger partial charge is 0.329 e. The molecule has 4 atom stereocenters. The summed E-state index contributed by atoms with van der Waals surface area (Å²) in [5, 5.41) is 0. The van der Waals surface area contributed by atoms with E-state index in [1.165, 1.54) is 45.3 Å². The zero-order chi connectivity index (χ0) is 11.1. The Hall–Kier alpha value is -0.120. The minimum atomic E-state index is 0.614. The van der Waals surface area contributed by atoms with Crippen LogP contribution in [-0.2, 0) is 0 Å². The van der Waals surface area contributed by atoms with E-state index in [1.54, 1.807) is 0 Å². The van der Waals surface area contributed by atoms with E-state index in [0.717, 1.165) is 24.4 Å².